The highest BCUT2D eigenvalue weighted by Crippen LogP contribution is 2.12. The number of nitrogens with one attached hydrogen (secondary N) is 1. The quantitative estimate of drug-likeness (QED) is 0.736. The molecule has 3 heteroatoms. The zero-order chi connectivity index (χ0) is 13.6. The number of nitrogens with zero attached hydrogens (tertiary/aromatic N) is 1. The standard InChI is InChI=1S/C15H30N2O/c1-13(10-16-15(2,3)4)11-17-8-6-14(7-9-17)12-18-5/h6,13,16H,7-12H2,1-5H3. The number of rotatable bonds is 6. The van der Waals surface area contributed by atoms with Gasteiger partial charge in [-0.2, -0.15) is 0 Å². The topological polar surface area (TPSA) is 24.5 Å². The molecule has 0 aromatic carbocycles. The molecule has 1 aliphatic rings. The van der Waals surface area contributed by atoms with Gasteiger partial charge in [0.05, 0.1) is 6.61 Å². The van der Waals surface area contributed by atoms with Crippen LogP contribution in [-0.2, 0) is 4.74 Å². The molecule has 3 nitrogen and oxygen atoms in total. The van der Waals surface area contributed by atoms with Gasteiger partial charge < -0.3 is 10.1 Å². The van der Waals surface area contributed by atoms with Gasteiger partial charge in [0.25, 0.3) is 0 Å². The summed E-state index contributed by atoms with van der Waals surface area (Å²) in [4.78, 5) is 2.54. The second kappa shape index (κ2) is 7.27. The molecule has 0 aromatic heterocycles. The maximum atomic E-state index is 5.18. The van der Waals surface area contributed by atoms with Gasteiger partial charge in [0.2, 0.25) is 0 Å². The predicted molar refractivity (Wildman–Crippen MR) is 77.9 cm³/mol. The van der Waals surface area contributed by atoms with Crippen molar-refractivity contribution in [2.45, 2.75) is 39.7 Å². The first-order valence-corrected chi connectivity index (χ1v) is 7.05. The lowest BCUT2D eigenvalue weighted by Crippen LogP contribution is -2.42. The smallest absolute Gasteiger partial charge is 0.0673 e. The van der Waals surface area contributed by atoms with Gasteiger partial charge in [-0.25, -0.2) is 0 Å². The minimum Gasteiger partial charge on any atom is -0.380 e. The van der Waals surface area contributed by atoms with Crippen LogP contribution in [0.1, 0.15) is 34.1 Å². The van der Waals surface area contributed by atoms with Gasteiger partial charge in [0.15, 0.2) is 0 Å². The van der Waals surface area contributed by atoms with Crippen molar-refractivity contribution < 1.29 is 4.74 Å². The zero-order valence-corrected chi connectivity index (χ0v) is 12.8. The summed E-state index contributed by atoms with van der Waals surface area (Å²) in [5.41, 5.74) is 1.68. The van der Waals surface area contributed by atoms with Crippen LogP contribution in [0.2, 0.25) is 0 Å². The SMILES string of the molecule is COCC1=CCN(CC(C)CNC(C)(C)C)CC1. The molecule has 0 amide bonds. The Bertz CT molecular complexity index is 268. The average Bonchev–Trinajstić information content (AvgIpc) is 2.29. The van der Waals surface area contributed by atoms with Crippen molar-refractivity contribution in [1.82, 2.24) is 10.2 Å². The van der Waals surface area contributed by atoms with Crippen LogP contribution in [-0.4, -0.2) is 50.3 Å². The fraction of sp³-hybridized carbons (Fsp3) is 0.867. The fourth-order valence-electron chi connectivity index (χ4n) is 2.22. The maximum Gasteiger partial charge on any atom is 0.0673 e. The van der Waals surface area contributed by atoms with Gasteiger partial charge in [-0.05, 0) is 45.2 Å². The zero-order valence-electron chi connectivity index (χ0n) is 12.8. The average molecular weight is 254 g/mol. The van der Waals surface area contributed by atoms with E-state index in [1.807, 2.05) is 0 Å². The summed E-state index contributed by atoms with van der Waals surface area (Å²) < 4.78 is 5.18. The van der Waals surface area contributed by atoms with Crippen molar-refractivity contribution in [2.75, 3.05) is 39.9 Å². The van der Waals surface area contributed by atoms with Gasteiger partial charge in [-0.1, -0.05) is 13.0 Å². The molecule has 1 unspecified atom stereocenters. The van der Waals surface area contributed by atoms with E-state index in [4.69, 9.17) is 4.74 Å². The highest BCUT2D eigenvalue weighted by Gasteiger charge is 2.16. The maximum absolute atomic E-state index is 5.18. The Labute approximate surface area is 113 Å². The second-order valence-corrected chi connectivity index (χ2v) is 6.54. The Kier molecular flexibility index (Phi) is 6.33. The molecular formula is C15H30N2O. The molecule has 0 spiro atoms. The molecule has 0 saturated heterocycles. The van der Waals surface area contributed by atoms with E-state index in [0.717, 1.165) is 26.1 Å². The van der Waals surface area contributed by atoms with E-state index in [9.17, 15) is 0 Å². The molecule has 0 bridgehead atoms. The molecule has 0 fully saturated rings. The van der Waals surface area contributed by atoms with Crippen LogP contribution in [0.15, 0.2) is 11.6 Å². The van der Waals surface area contributed by atoms with Crippen molar-refractivity contribution in [2.24, 2.45) is 5.92 Å². The first kappa shape index (κ1) is 15.7. The van der Waals surface area contributed by atoms with Crippen LogP contribution in [0, 0.1) is 5.92 Å². The Morgan fingerprint density at radius 1 is 1.44 bits per heavy atom. The molecule has 0 saturated carbocycles. The molecule has 0 aliphatic carbocycles. The molecular weight excluding hydrogens is 224 g/mol. The largest absolute Gasteiger partial charge is 0.380 e. The Morgan fingerprint density at radius 2 is 2.17 bits per heavy atom. The summed E-state index contributed by atoms with van der Waals surface area (Å²) in [6.07, 6.45) is 3.49. The molecule has 1 atom stereocenters. The van der Waals surface area contributed by atoms with E-state index in [1.54, 1.807) is 7.11 Å². The summed E-state index contributed by atoms with van der Waals surface area (Å²) in [7, 11) is 1.77. The van der Waals surface area contributed by atoms with Crippen LogP contribution in [0.5, 0.6) is 0 Å². The van der Waals surface area contributed by atoms with Gasteiger partial charge in [-0.3, -0.25) is 4.90 Å². The minimum absolute atomic E-state index is 0.224. The van der Waals surface area contributed by atoms with Crippen molar-refractivity contribution in [3.63, 3.8) is 0 Å². The summed E-state index contributed by atoms with van der Waals surface area (Å²) in [6.45, 7) is 14.3. The van der Waals surface area contributed by atoms with E-state index in [1.165, 1.54) is 18.7 Å². The molecule has 18 heavy (non-hydrogen) atoms. The monoisotopic (exact) mass is 254 g/mol. The predicted octanol–water partition coefficient (Wildman–Crippen LogP) is 2.29. The number of hydrogen-bond acceptors (Lipinski definition) is 3. The van der Waals surface area contributed by atoms with Crippen LogP contribution in [0.3, 0.4) is 0 Å². The summed E-state index contributed by atoms with van der Waals surface area (Å²) >= 11 is 0. The molecule has 1 aliphatic heterocycles. The van der Waals surface area contributed by atoms with E-state index in [0.29, 0.717) is 5.92 Å². The van der Waals surface area contributed by atoms with Crippen molar-refractivity contribution >= 4 is 0 Å². The molecule has 1 rings (SSSR count). The fourth-order valence-corrected chi connectivity index (χ4v) is 2.22. The molecule has 1 heterocycles. The normalized spacial score (nSPS) is 19.7. The number of methoxy groups -OCH3 is 1. The lowest BCUT2D eigenvalue weighted by molar-refractivity contribution is 0.203. The van der Waals surface area contributed by atoms with Crippen molar-refractivity contribution in [1.29, 1.82) is 0 Å². The van der Waals surface area contributed by atoms with Crippen LogP contribution in [0.25, 0.3) is 0 Å². The minimum atomic E-state index is 0.224. The molecule has 106 valence electrons. The first-order valence-electron chi connectivity index (χ1n) is 7.05. The molecule has 0 radical (unpaired) electrons. The Morgan fingerprint density at radius 3 is 2.67 bits per heavy atom. The Balaban J connectivity index is 2.24. The van der Waals surface area contributed by atoms with E-state index >= 15 is 0 Å². The number of ether oxygens (including phenoxy) is 1. The number of hydrogen-bond donors (Lipinski definition) is 1. The van der Waals surface area contributed by atoms with E-state index in [-0.39, 0.29) is 5.54 Å². The van der Waals surface area contributed by atoms with Gasteiger partial charge >= 0.3 is 0 Å². The van der Waals surface area contributed by atoms with E-state index < -0.39 is 0 Å². The third-order valence-electron chi connectivity index (χ3n) is 3.27. The summed E-state index contributed by atoms with van der Waals surface area (Å²) in [5.74, 6) is 0.696. The van der Waals surface area contributed by atoms with Crippen LogP contribution >= 0.6 is 0 Å². The summed E-state index contributed by atoms with van der Waals surface area (Å²) in [6, 6.07) is 0. The second-order valence-electron chi connectivity index (χ2n) is 6.54. The lowest BCUT2D eigenvalue weighted by atomic mass is 10.0. The molecule has 0 aromatic rings. The highest BCUT2D eigenvalue weighted by atomic mass is 16.5. The molecule has 1 N–H and O–H groups in total. The van der Waals surface area contributed by atoms with Crippen molar-refractivity contribution in [3.8, 4) is 0 Å². The lowest BCUT2D eigenvalue weighted by Gasteiger charge is -2.30. The van der Waals surface area contributed by atoms with Crippen molar-refractivity contribution in [3.05, 3.63) is 11.6 Å². The summed E-state index contributed by atoms with van der Waals surface area (Å²) in [5, 5.41) is 3.58. The van der Waals surface area contributed by atoms with E-state index in [2.05, 4.69) is 44.0 Å². The van der Waals surface area contributed by atoms with Gasteiger partial charge in [0.1, 0.15) is 0 Å². The van der Waals surface area contributed by atoms with Crippen LogP contribution in [0.4, 0.5) is 0 Å². The van der Waals surface area contributed by atoms with Gasteiger partial charge in [-0.15, -0.1) is 0 Å². The van der Waals surface area contributed by atoms with Gasteiger partial charge in [0, 0.05) is 32.3 Å². The third-order valence-corrected chi connectivity index (χ3v) is 3.27. The van der Waals surface area contributed by atoms with Crippen LogP contribution < -0.4 is 5.32 Å². The Hall–Kier alpha value is -0.380. The first-order chi connectivity index (χ1) is 8.40. The third kappa shape index (κ3) is 6.53. The highest BCUT2D eigenvalue weighted by molar-refractivity contribution is 5.07.